The summed E-state index contributed by atoms with van der Waals surface area (Å²) in [5.41, 5.74) is 17.7. The lowest BCUT2D eigenvalue weighted by Gasteiger charge is -2.22. The predicted molar refractivity (Wildman–Crippen MR) is 216 cm³/mol. The van der Waals surface area contributed by atoms with Crippen LogP contribution in [0.15, 0.2) is 170 Å². The van der Waals surface area contributed by atoms with E-state index in [0.29, 0.717) is 5.92 Å². The molecule has 0 fully saturated rings. The molecule has 0 saturated carbocycles. The number of nitrogens with zero attached hydrogens (tertiary/aromatic N) is 2. The van der Waals surface area contributed by atoms with Gasteiger partial charge < -0.3 is 9.13 Å². The molecule has 2 aromatic heterocycles. The fourth-order valence-electron chi connectivity index (χ4n) is 8.90. The molecule has 2 aliphatic rings. The molecule has 0 spiro atoms. The van der Waals surface area contributed by atoms with Crippen molar-refractivity contribution in [3.8, 4) is 39.1 Å². The summed E-state index contributed by atoms with van der Waals surface area (Å²) in [6, 6.07) is 58.1. The van der Waals surface area contributed by atoms with Crippen LogP contribution in [0.3, 0.4) is 0 Å². The molecular formula is C49H34N2. The molecule has 2 nitrogen and oxygen atoms in total. The van der Waals surface area contributed by atoms with Crippen LogP contribution in [0.5, 0.6) is 0 Å². The Morgan fingerprint density at radius 1 is 0.490 bits per heavy atom. The molecule has 0 radical (unpaired) electrons. The summed E-state index contributed by atoms with van der Waals surface area (Å²) in [6.07, 6.45) is 6.05. The summed E-state index contributed by atoms with van der Waals surface area (Å²) in [7, 11) is 0. The molecule has 240 valence electrons. The van der Waals surface area contributed by atoms with Crippen LogP contribution >= 0.6 is 0 Å². The van der Waals surface area contributed by atoms with E-state index in [4.69, 9.17) is 0 Å². The highest BCUT2D eigenvalue weighted by atomic mass is 15.0. The van der Waals surface area contributed by atoms with Gasteiger partial charge in [0.2, 0.25) is 0 Å². The van der Waals surface area contributed by atoms with Crippen LogP contribution in [0.25, 0.3) is 93.9 Å². The van der Waals surface area contributed by atoms with Gasteiger partial charge in [-0.3, -0.25) is 0 Å². The summed E-state index contributed by atoms with van der Waals surface area (Å²) >= 11 is 0. The van der Waals surface area contributed by atoms with Gasteiger partial charge in [-0.2, -0.15) is 0 Å². The molecule has 7 aromatic carbocycles. The zero-order chi connectivity index (χ0) is 33.6. The van der Waals surface area contributed by atoms with Crippen molar-refractivity contribution < 1.29 is 0 Å². The number of fused-ring (bicyclic) bond motifs is 12. The molecule has 0 N–H and O–H groups in total. The lowest BCUT2D eigenvalue weighted by molar-refractivity contribution is 0.738. The first-order chi connectivity index (χ1) is 25.2. The fourth-order valence-corrected chi connectivity index (χ4v) is 8.90. The molecule has 1 aliphatic heterocycles. The van der Waals surface area contributed by atoms with Crippen molar-refractivity contribution in [2.24, 2.45) is 5.92 Å². The Balaban J connectivity index is 1.14. The number of rotatable bonds is 3. The minimum Gasteiger partial charge on any atom is -0.309 e. The smallest absolute Gasteiger partial charge is 0.0619 e. The summed E-state index contributed by atoms with van der Waals surface area (Å²) in [4.78, 5) is 0. The van der Waals surface area contributed by atoms with Crippen molar-refractivity contribution >= 4 is 54.9 Å². The van der Waals surface area contributed by atoms with Crippen LogP contribution in [0, 0.1) is 5.92 Å². The SMILES string of the molecule is CC1C=C2C(=CC1)c1c(ccc3c1c1ccccc1n3-c1ccc(-c3cccc(-c4ccccc4)c3)cc1)-c1cccc3c4ccccc4n2c13. The van der Waals surface area contributed by atoms with E-state index in [9.17, 15) is 0 Å². The summed E-state index contributed by atoms with van der Waals surface area (Å²) in [6.45, 7) is 2.34. The predicted octanol–water partition coefficient (Wildman–Crippen LogP) is 13.2. The topological polar surface area (TPSA) is 9.86 Å². The van der Waals surface area contributed by atoms with Gasteiger partial charge >= 0.3 is 0 Å². The van der Waals surface area contributed by atoms with E-state index in [1.165, 1.54) is 99.5 Å². The van der Waals surface area contributed by atoms with E-state index in [1.807, 2.05) is 0 Å². The van der Waals surface area contributed by atoms with Crippen molar-refractivity contribution in [2.75, 3.05) is 0 Å². The van der Waals surface area contributed by atoms with Crippen LogP contribution in [-0.2, 0) is 0 Å². The van der Waals surface area contributed by atoms with Crippen molar-refractivity contribution in [3.05, 3.63) is 175 Å². The van der Waals surface area contributed by atoms with Crippen LogP contribution in [0.4, 0.5) is 0 Å². The highest BCUT2D eigenvalue weighted by Gasteiger charge is 2.31. The van der Waals surface area contributed by atoms with E-state index < -0.39 is 0 Å². The first-order valence-electron chi connectivity index (χ1n) is 18.0. The fraction of sp³-hybridized carbons (Fsp3) is 0.0612. The van der Waals surface area contributed by atoms with Gasteiger partial charge in [0.25, 0.3) is 0 Å². The maximum absolute atomic E-state index is 2.55. The lowest BCUT2D eigenvalue weighted by Crippen LogP contribution is -2.06. The van der Waals surface area contributed by atoms with E-state index in [0.717, 1.165) is 6.42 Å². The van der Waals surface area contributed by atoms with Crippen LogP contribution in [0.2, 0.25) is 0 Å². The molecule has 11 rings (SSSR count). The second-order valence-electron chi connectivity index (χ2n) is 14.2. The molecule has 3 heterocycles. The highest BCUT2D eigenvalue weighted by molar-refractivity contribution is 6.26. The van der Waals surface area contributed by atoms with Crippen LogP contribution in [-0.4, -0.2) is 9.13 Å². The third-order valence-electron chi connectivity index (χ3n) is 11.2. The Kier molecular flexibility index (Phi) is 6.03. The quantitative estimate of drug-likeness (QED) is 0.180. The van der Waals surface area contributed by atoms with E-state index in [2.05, 4.69) is 186 Å². The van der Waals surface area contributed by atoms with Crippen LogP contribution < -0.4 is 0 Å². The summed E-state index contributed by atoms with van der Waals surface area (Å²) < 4.78 is 5.02. The second-order valence-corrected chi connectivity index (χ2v) is 14.2. The van der Waals surface area contributed by atoms with E-state index in [1.54, 1.807) is 0 Å². The monoisotopic (exact) mass is 650 g/mol. The molecule has 0 saturated heterocycles. The van der Waals surface area contributed by atoms with Gasteiger partial charge in [0.15, 0.2) is 0 Å². The Bertz CT molecular complexity index is 2930. The molecule has 2 heteroatoms. The van der Waals surface area contributed by atoms with Gasteiger partial charge in [-0.15, -0.1) is 0 Å². The number of hydrogen-bond acceptors (Lipinski definition) is 0. The molecule has 51 heavy (non-hydrogen) atoms. The third-order valence-corrected chi connectivity index (χ3v) is 11.2. The number of para-hydroxylation sites is 3. The van der Waals surface area contributed by atoms with Crippen LogP contribution in [0.1, 0.15) is 18.9 Å². The first kappa shape index (κ1) is 28.5. The molecule has 9 aromatic rings. The van der Waals surface area contributed by atoms with Gasteiger partial charge in [-0.1, -0.05) is 140 Å². The second kappa shape index (κ2) is 10.8. The van der Waals surface area contributed by atoms with E-state index in [-0.39, 0.29) is 0 Å². The number of aromatic nitrogens is 2. The first-order valence-corrected chi connectivity index (χ1v) is 18.0. The van der Waals surface area contributed by atoms with Gasteiger partial charge in [0.1, 0.15) is 0 Å². The Hall–Kier alpha value is -6.38. The molecular weight excluding hydrogens is 617 g/mol. The third kappa shape index (κ3) is 4.11. The Morgan fingerprint density at radius 2 is 1.14 bits per heavy atom. The number of benzene rings is 7. The zero-order valence-electron chi connectivity index (χ0n) is 28.3. The molecule has 1 unspecified atom stereocenters. The largest absolute Gasteiger partial charge is 0.309 e. The standard InChI is InChI=1S/C49H34N2/c1-31-21-26-42-46(29-31)51-43-19-7-5-15-37(43)39-17-10-18-40(49(39)51)38-27-28-45-48(47(38)42)41-16-6-8-20-44(41)50(45)36-24-22-33(23-25-36)35-14-9-13-34(30-35)32-11-3-2-4-12-32/h2-20,22-31H,21H2,1H3. The normalized spacial score (nSPS) is 15.1. The minimum absolute atomic E-state index is 0.459. The Morgan fingerprint density at radius 3 is 1.94 bits per heavy atom. The molecule has 0 amide bonds. The van der Waals surface area contributed by atoms with Crippen molar-refractivity contribution in [1.82, 2.24) is 9.13 Å². The lowest BCUT2D eigenvalue weighted by atomic mass is 9.85. The molecule has 0 bridgehead atoms. The number of allylic oxidation sites excluding steroid dienone is 4. The van der Waals surface area contributed by atoms with E-state index >= 15 is 0 Å². The number of hydrogen-bond donors (Lipinski definition) is 0. The van der Waals surface area contributed by atoms with Gasteiger partial charge in [0.05, 0.1) is 27.8 Å². The Labute approximate surface area is 296 Å². The maximum Gasteiger partial charge on any atom is 0.0619 e. The van der Waals surface area contributed by atoms with Gasteiger partial charge in [-0.05, 0) is 76.6 Å². The highest BCUT2D eigenvalue weighted by Crippen LogP contribution is 2.52. The van der Waals surface area contributed by atoms with Gasteiger partial charge in [-0.25, -0.2) is 0 Å². The average molecular weight is 651 g/mol. The summed E-state index contributed by atoms with van der Waals surface area (Å²) in [5, 5.41) is 5.23. The van der Waals surface area contributed by atoms with Crippen molar-refractivity contribution in [2.45, 2.75) is 13.3 Å². The molecule has 1 atom stereocenters. The zero-order valence-corrected chi connectivity index (χ0v) is 28.3. The minimum atomic E-state index is 0.459. The average Bonchev–Trinajstić information content (AvgIpc) is 3.67. The van der Waals surface area contributed by atoms with Gasteiger partial charge in [0, 0.05) is 43.9 Å². The molecule has 1 aliphatic carbocycles. The maximum atomic E-state index is 2.55. The summed E-state index contributed by atoms with van der Waals surface area (Å²) in [5.74, 6) is 0.459. The van der Waals surface area contributed by atoms with Crippen molar-refractivity contribution in [1.29, 1.82) is 0 Å². The van der Waals surface area contributed by atoms with Crippen molar-refractivity contribution in [3.63, 3.8) is 0 Å².